The maximum absolute atomic E-state index is 5.64. The molecule has 1 fully saturated rings. The van der Waals surface area contributed by atoms with E-state index >= 15 is 0 Å². The van der Waals surface area contributed by atoms with E-state index in [1.54, 1.807) is 0 Å². The summed E-state index contributed by atoms with van der Waals surface area (Å²) in [6.45, 7) is 7.54. The summed E-state index contributed by atoms with van der Waals surface area (Å²) in [6, 6.07) is 0.597. The molecule has 0 spiro atoms. The average molecular weight is 200 g/mol. The molecule has 1 heterocycles. The lowest BCUT2D eigenvalue weighted by Gasteiger charge is -2.23. The maximum atomic E-state index is 5.64. The molecule has 0 aromatic heterocycles. The van der Waals surface area contributed by atoms with Gasteiger partial charge in [-0.05, 0) is 47.0 Å². The lowest BCUT2D eigenvalue weighted by molar-refractivity contribution is 0.0677. The van der Waals surface area contributed by atoms with Crippen LogP contribution in [0.25, 0.3) is 0 Å². The van der Waals surface area contributed by atoms with Crippen LogP contribution in [0.5, 0.6) is 0 Å². The van der Waals surface area contributed by atoms with Crippen LogP contribution in [0.3, 0.4) is 0 Å². The molecule has 1 aliphatic heterocycles. The van der Waals surface area contributed by atoms with Gasteiger partial charge in [-0.15, -0.1) is 0 Å². The highest BCUT2D eigenvalue weighted by atomic mass is 16.5. The fraction of sp³-hybridized carbons (Fsp3) is 1.00. The molecule has 14 heavy (non-hydrogen) atoms. The second-order valence-corrected chi connectivity index (χ2v) is 4.47. The Morgan fingerprint density at radius 1 is 1.29 bits per heavy atom. The molecule has 0 aromatic rings. The van der Waals surface area contributed by atoms with Gasteiger partial charge in [-0.1, -0.05) is 0 Å². The van der Waals surface area contributed by atoms with Gasteiger partial charge in [-0.25, -0.2) is 0 Å². The molecular weight excluding hydrogens is 176 g/mol. The Kier molecular flexibility index (Phi) is 5.45. The van der Waals surface area contributed by atoms with E-state index in [-0.39, 0.29) is 0 Å². The van der Waals surface area contributed by atoms with Gasteiger partial charge in [-0.3, -0.25) is 4.90 Å². The third kappa shape index (κ3) is 4.40. The fourth-order valence-corrected chi connectivity index (χ4v) is 1.79. The van der Waals surface area contributed by atoms with E-state index in [2.05, 4.69) is 30.8 Å². The first-order valence-electron chi connectivity index (χ1n) is 5.66. The molecule has 1 saturated heterocycles. The summed E-state index contributed by atoms with van der Waals surface area (Å²) in [6.07, 6.45) is 2.73. The lowest BCUT2D eigenvalue weighted by Crippen LogP contribution is -2.34. The fourth-order valence-electron chi connectivity index (χ4n) is 1.79. The molecule has 1 unspecified atom stereocenters. The number of likely N-dealkylation sites (tertiary alicyclic amines) is 1. The van der Waals surface area contributed by atoms with Crippen LogP contribution in [-0.4, -0.2) is 62.8 Å². The zero-order valence-electron chi connectivity index (χ0n) is 9.83. The Hall–Kier alpha value is -0.120. The second-order valence-electron chi connectivity index (χ2n) is 4.47. The third-order valence-electron chi connectivity index (χ3n) is 2.81. The summed E-state index contributed by atoms with van der Waals surface area (Å²) >= 11 is 0. The van der Waals surface area contributed by atoms with E-state index in [0.717, 1.165) is 19.8 Å². The average Bonchev–Trinajstić information content (AvgIpc) is 2.64. The number of hydrogen-bond donors (Lipinski definition) is 0. The Bertz CT molecular complexity index is 144. The molecule has 0 amide bonds. The zero-order chi connectivity index (χ0) is 10.4. The van der Waals surface area contributed by atoms with Crippen molar-refractivity contribution in [1.82, 2.24) is 9.80 Å². The van der Waals surface area contributed by atoms with Gasteiger partial charge in [0.15, 0.2) is 0 Å². The van der Waals surface area contributed by atoms with Crippen molar-refractivity contribution in [3.05, 3.63) is 0 Å². The highest BCUT2D eigenvalue weighted by Gasteiger charge is 2.17. The summed E-state index contributed by atoms with van der Waals surface area (Å²) in [5, 5.41) is 0. The molecule has 84 valence electrons. The van der Waals surface area contributed by atoms with Crippen molar-refractivity contribution in [1.29, 1.82) is 0 Å². The van der Waals surface area contributed by atoms with Gasteiger partial charge < -0.3 is 9.64 Å². The molecule has 0 saturated carbocycles. The van der Waals surface area contributed by atoms with E-state index in [1.165, 1.54) is 25.9 Å². The van der Waals surface area contributed by atoms with Crippen LogP contribution < -0.4 is 0 Å². The third-order valence-corrected chi connectivity index (χ3v) is 2.81. The zero-order valence-corrected chi connectivity index (χ0v) is 9.83. The van der Waals surface area contributed by atoms with Gasteiger partial charge in [0, 0.05) is 12.6 Å². The van der Waals surface area contributed by atoms with Crippen molar-refractivity contribution in [2.24, 2.45) is 0 Å². The van der Waals surface area contributed by atoms with Crippen LogP contribution in [0, 0.1) is 0 Å². The van der Waals surface area contributed by atoms with E-state index in [0.29, 0.717) is 6.04 Å². The molecule has 3 nitrogen and oxygen atoms in total. The van der Waals surface area contributed by atoms with E-state index in [4.69, 9.17) is 4.74 Å². The van der Waals surface area contributed by atoms with Crippen LogP contribution in [0.4, 0.5) is 0 Å². The first-order valence-corrected chi connectivity index (χ1v) is 5.66. The first-order chi connectivity index (χ1) is 6.70. The summed E-state index contributed by atoms with van der Waals surface area (Å²) in [5.41, 5.74) is 0. The van der Waals surface area contributed by atoms with Crippen molar-refractivity contribution in [3.63, 3.8) is 0 Å². The van der Waals surface area contributed by atoms with Crippen LogP contribution in [-0.2, 0) is 4.74 Å². The molecule has 1 rings (SSSR count). The summed E-state index contributed by atoms with van der Waals surface area (Å²) in [5.74, 6) is 0. The SMILES string of the molecule is CC(COCCN(C)C)N1CCCC1. The Morgan fingerprint density at radius 3 is 2.50 bits per heavy atom. The maximum Gasteiger partial charge on any atom is 0.0619 e. The van der Waals surface area contributed by atoms with Crippen molar-refractivity contribution in [3.8, 4) is 0 Å². The van der Waals surface area contributed by atoms with Gasteiger partial charge in [0.2, 0.25) is 0 Å². The molecule has 1 atom stereocenters. The molecular formula is C11H24N2O. The quantitative estimate of drug-likeness (QED) is 0.596. The van der Waals surface area contributed by atoms with Gasteiger partial charge >= 0.3 is 0 Å². The highest BCUT2D eigenvalue weighted by Crippen LogP contribution is 2.11. The summed E-state index contributed by atoms with van der Waals surface area (Å²) in [7, 11) is 4.15. The number of ether oxygens (including phenoxy) is 1. The largest absolute Gasteiger partial charge is 0.379 e. The molecule has 0 N–H and O–H groups in total. The van der Waals surface area contributed by atoms with E-state index in [9.17, 15) is 0 Å². The number of hydrogen-bond acceptors (Lipinski definition) is 3. The second kappa shape index (κ2) is 6.38. The van der Waals surface area contributed by atoms with E-state index < -0.39 is 0 Å². The van der Waals surface area contributed by atoms with Crippen LogP contribution in [0.2, 0.25) is 0 Å². The summed E-state index contributed by atoms with van der Waals surface area (Å²) < 4.78 is 5.64. The molecule has 0 bridgehead atoms. The van der Waals surface area contributed by atoms with Gasteiger partial charge in [0.25, 0.3) is 0 Å². The number of rotatable bonds is 6. The highest BCUT2D eigenvalue weighted by molar-refractivity contribution is 4.72. The van der Waals surface area contributed by atoms with Gasteiger partial charge in [0.1, 0.15) is 0 Å². The van der Waals surface area contributed by atoms with Crippen LogP contribution in [0.1, 0.15) is 19.8 Å². The van der Waals surface area contributed by atoms with Crippen LogP contribution >= 0.6 is 0 Å². The van der Waals surface area contributed by atoms with Crippen molar-refractivity contribution in [2.45, 2.75) is 25.8 Å². The number of likely N-dealkylation sites (N-methyl/N-ethyl adjacent to an activating group) is 1. The molecule has 0 radical (unpaired) electrons. The molecule has 1 aliphatic rings. The summed E-state index contributed by atoms with van der Waals surface area (Å²) in [4.78, 5) is 4.68. The predicted molar refractivity (Wildman–Crippen MR) is 59.6 cm³/mol. The standard InChI is InChI=1S/C11H24N2O/c1-11(13-6-4-5-7-13)10-14-9-8-12(2)3/h11H,4-10H2,1-3H3. The van der Waals surface area contributed by atoms with Crippen molar-refractivity contribution in [2.75, 3.05) is 46.9 Å². The molecule has 3 heteroatoms. The topological polar surface area (TPSA) is 15.7 Å². The Morgan fingerprint density at radius 2 is 1.93 bits per heavy atom. The van der Waals surface area contributed by atoms with Gasteiger partial charge in [-0.2, -0.15) is 0 Å². The Labute approximate surface area is 88.0 Å². The number of nitrogens with zero attached hydrogens (tertiary/aromatic N) is 2. The van der Waals surface area contributed by atoms with Gasteiger partial charge in [0.05, 0.1) is 13.2 Å². The predicted octanol–water partition coefficient (Wildman–Crippen LogP) is 1.05. The smallest absolute Gasteiger partial charge is 0.0619 e. The monoisotopic (exact) mass is 200 g/mol. The van der Waals surface area contributed by atoms with E-state index in [1.807, 2.05) is 0 Å². The minimum atomic E-state index is 0.597. The normalized spacial score (nSPS) is 20.6. The Balaban J connectivity index is 1.99. The van der Waals surface area contributed by atoms with Crippen molar-refractivity contribution >= 4 is 0 Å². The minimum absolute atomic E-state index is 0.597. The molecule has 0 aliphatic carbocycles. The molecule has 0 aromatic carbocycles. The minimum Gasteiger partial charge on any atom is -0.379 e. The first kappa shape index (κ1) is 12.0. The van der Waals surface area contributed by atoms with Crippen molar-refractivity contribution < 1.29 is 4.74 Å². The van der Waals surface area contributed by atoms with Crippen LogP contribution in [0.15, 0.2) is 0 Å². The lowest BCUT2D eigenvalue weighted by atomic mass is 10.3.